The zero-order valence-corrected chi connectivity index (χ0v) is 15.9. The van der Waals surface area contributed by atoms with Crippen molar-refractivity contribution in [3.8, 4) is 5.88 Å². The highest BCUT2D eigenvalue weighted by atomic mass is 32.2. The van der Waals surface area contributed by atoms with Crippen molar-refractivity contribution in [2.24, 2.45) is 0 Å². The molecule has 1 aliphatic heterocycles. The Kier molecular flexibility index (Phi) is 6.45. The molecule has 1 saturated heterocycles. The van der Waals surface area contributed by atoms with E-state index < -0.39 is 0 Å². The maximum Gasteiger partial charge on any atom is 0.311 e. The van der Waals surface area contributed by atoms with Gasteiger partial charge in [0.05, 0.1) is 24.3 Å². The predicted molar refractivity (Wildman–Crippen MR) is 101 cm³/mol. The molecule has 0 bridgehead atoms. The van der Waals surface area contributed by atoms with Crippen molar-refractivity contribution >= 4 is 40.1 Å². The lowest BCUT2D eigenvalue weighted by Crippen LogP contribution is -2.16. The summed E-state index contributed by atoms with van der Waals surface area (Å²) in [6.07, 6.45) is 2.79. The summed E-state index contributed by atoms with van der Waals surface area (Å²) >= 11 is 3.13. The largest absolute Gasteiger partial charge is 0.473 e. The topological polar surface area (TPSA) is 90.4 Å². The summed E-state index contributed by atoms with van der Waals surface area (Å²) in [6.45, 7) is 2.08. The van der Waals surface area contributed by atoms with E-state index in [-0.39, 0.29) is 24.4 Å². The second kappa shape index (κ2) is 9.00. The molecule has 1 fully saturated rings. The lowest BCUT2D eigenvalue weighted by molar-refractivity contribution is -0.142. The first-order valence-electron chi connectivity index (χ1n) is 8.26. The fourth-order valence-corrected chi connectivity index (χ4v) is 4.13. The van der Waals surface area contributed by atoms with E-state index in [0.29, 0.717) is 28.9 Å². The van der Waals surface area contributed by atoms with Crippen LogP contribution in [0.1, 0.15) is 29.4 Å². The maximum atomic E-state index is 12.3. The highest BCUT2D eigenvalue weighted by molar-refractivity contribution is 7.99. The van der Waals surface area contributed by atoms with Crippen molar-refractivity contribution in [3.05, 3.63) is 35.0 Å². The van der Waals surface area contributed by atoms with Crippen LogP contribution in [0.15, 0.2) is 23.7 Å². The van der Waals surface area contributed by atoms with Crippen LogP contribution in [-0.4, -0.2) is 46.1 Å². The molecule has 1 amide bonds. The number of hydrogen-bond acceptors (Lipinski definition) is 8. The van der Waals surface area contributed by atoms with Gasteiger partial charge >= 0.3 is 5.97 Å². The van der Waals surface area contributed by atoms with E-state index in [2.05, 4.69) is 15.3 Å². The van der Waals surface area contributed by atoms with Crippen molar-refractivity contribution in [1.82, 2.24) is 9.97 Å². The molecule has 3 heterocycles. The third-order valence-corrected chi connectivity index (χ3v) is 5.52. The number of hydrogen-bond donors (Lipinski definition) is 1. The number of rotatable bonds is 7. The number of thiazole rings is 1. The summed E-state index contributed by atoms with van der Waals surface area (Å²) in [6, 6.07) is 3.37. The molecule has 2 aromatic heterocycles. The number of pyridine rings is 1. The zero-order valence-electron chi connectivity index (χ0n) is 14.3. The molecule has 26 heavy (non-hydrogen) atoms. The Balaban J connectivity index is 1.54. The Morgan fingerprint density at radius 1 is 1.38 bits per heavy atom. The fourth-order valence-electron chi connectivity index (χ4n) is 2.34. The van der Waals surface area contributed by atoms with Crippen LogP contribution in [0.5, 0.6) is 5.88 Å². The van der Waals surface area contributed by atoms with Crippen LogP contribution in [0.3, 0.4) is 0 Å². The lowest BCUT2D eigenvalue weighted by atomic mass is 10.2. The molecule has 0 aliphatic carbocycles. The van der Waals surface area contributed by atoms with Crippen LogP contribution >= 0.6 is 23.1 Å². The van der Waals surface area contributed by atoms with Gasteiger partial charge in [-0.15, -0.1) is 11.3 Å². The summed E-state index contributed by atoms with van der Waals surface area (Å²) in [5, 5.41) is 4.86. The molecule has 1 N–H and O–H groups in total. The second-order valence-electron chi connectivity index (χ2n) is 5.57. The van der Waals surface area contributed by atoms with Gasteiger partial charge in [-0.25, -0.2) is 9.97 Å². The zero-order chi connectivity index (χ0) is 18.4. The van der Waals surface area contributed by atoms with E-state index in [1.165, 1.54) is 17.5 Å². The Labute approximate surface area is 159 Å². The first-order valence-corrected chi connectivity index (χ1v) is 10.3. The quantitative estimate of drug-likeness (QED) is 0.723. The van der Waals surface area contributed by atoms with Gasteiger partial charge in [-0.05, 0) is 25.2 Å². The number of esters is 1. The Hall–Kier alpha value is -2.13. The number of anilines is 1. The molecule has 7 nitrogen and oxygen atoms in total. The van der Waals surface area contributed by atoms with Crippen molar-refractivity contribution in [2.45, 2.75) is 25.9 Å². The van der Waals surface area contributed by atoms with Gasteiger partial charge in [-0.1, -0.05) is 0 Å². The predicted octanol–water partition coefficient (Wildman–Crippen LogP) is 2.78. The van der Waals surface area contributed by atoms with Crippen LogP contribution in [0.2, 0.25) is 0 Å². The third kappa shape index (κ3) is 5.18. The number of ether oxygens (including phenoxy) is 2. The smallest absolute Gasteiger partial charge is 0.311 e. The first-order chi connectivity index (χ1) is 12.6. The minimum Gasteiger partial charge on any atom is -0.473 e. The normalized spacial score (nSPS) is 16.3. The van der Waals surface area contributed by atoms with Gasteiger partial charge < -0.3 is 9.47 Å². The maximum absolute atomic E-state index is 12.3. The molecule has 138 valence electrons. The lowest BCUT2D eigenvalue weighted by Gasteiger charge is -2.11. The van der Waals surface area contributed by atoms with Gasteiger partial charge in [0.1, 0.15) is 6.10 Å². The average Bonchev–Trinajstić information content (AvgIpc) is 3.28. The summed E-state index contributed by atoms with van der Waals surface area (Å²) < 4.78 is 10.7. The van der Waals surface area contributed by atoms with Gasteiger partial charge in [0, 0.05) is 23.4 Å². The fraction of sp³-hybridized carbons (Fsp3) is 0.412. The molecule has 1 atom stereocenters. The third-order valence-electron chi connectivity index (χ3n) is 3.58. The van der Waals surface area contributed by atoms with Crippen molar-refractivity contribution < 1.29 is 19.1 Å². The van der Waals surface area contributed by atoms with Crippen LogP contribution in [0.4, 0.5) is 5.13 Å². The summed E-state index contributed by atoms with van der Waals surface area (Å²) in [4.78, 5) is 32.2. The van der Waals surface area contributed by atoms with E-state index in [1.54, 1.807) is 24.4 Å². The van der Waals surface area contributed by atoms with E-state index in [9.17, 15) is 9.59 Å². The molecule has 0 spiro atoms. The standard InChI is InChI=1S/C17H19N3O4S2/c1-2-23-15(21)7-12-9-26-17(19-12)20-16(22)11-3-4-14(18-8-11)24-13-5-6-25-10-13/h3-4,8-9,13H,2,5-7,10H2,1H3,(H,19,20,22). The van der Waals surface area contributed by atoms with Gasteiger partial charge in [0.2, 0.25) is 5.88 Å². The molecule has 0 saturated carbocycles. The molecule has 1 aliphatic rings. The van der Waals surface area contributed by atoms with Gasteiger partial charge in [0.15, 0.2) is 5.13 Å². The van der Waals surface area contributed by atoms with Crippen LogP contribution in [0, 0.1) is 0 Å². The Morgan fingerprint density at radius 3 is 2.96 bits per heavy atom. The van der Waals surface area contributed by atoms with Crippen molar-refractivity contribution in [3.63, 3.8) is 0 Å². The average molecular weight is 393 g/mol. The van der Waals surface area contributed by atoms with Crippen LogP contribution in [-0.2, 0) is 16.0 Å². The van der Waals surface area contributed by atoms with Gasteiger partial charge in [-0.3, -0.25) is 14.9 Å². The van der Waals surface area contributed by atoms with E-state index in [1.807, 2.05) is 11.8 Å². The van der Waals surface area contributed by atoms with Gasteiger partial charge in [-0.2, -0.15) is 11.8 Å². The minimum absolute atomic E-state index is 0.0905. The molecule has 3 rings (SSSR count). The van der Waals surface area contributed by atoms with Gasteiger partial charge in [0.25, 0.3) is 5.91 Å². The molecule has 9 heteroatoms. The van der Waals surface area contributed by atoms with Crippen LogP contribution < -0.4 is 10.1 Å². The first kappa shape index (κ1) is 18.7. The van der Waals surface area contributed by atoms with E-state index in [0.717, 1.165) is 17.9 Å². The molecule has 0 aromatic carbocycles. The van der Waals surface area contributed by atoms with Crippen LogP contribution in [0.25, 0.3) is 0 Å². The SMILES string of the molecule is CCOC(=O)Cc1csc(NC(=O)c2ccc(OC3CCSC3)nc2)n1. The summed E-state index contributed by atoms with van der Waals surface area (Å²) in [7, 11) is 0. The molecule has 0 radical (unpaired) electrons. The van der Waals surface area contributed by atoms with E-state index >= 15 is 0 Å². The molecule has 2 aromatic rings. The number of amides is 1. The van der Waals surface area contributed by atoms with Crippen molar-refractivity contribution in [2.75, 3.05) is 23.4 Å². The monoisotopic (exact) mass is 393 g/mol. The summed E-state index contributed by atoms with van der Waals surface area (Å²) in [5.41, 5.74) is 0.986. The van der Waals surface area contributed by atoms with E-state index in [4.69, 9.17) is 9.47 Å². The number of carbonyl (C=O) groups is 2. The number of carbonyl (C=O) groups excluding carboxylic acids is 2. The molecule has 1 unspecified atom stereocenters. The minimum atomic E-state index is -0.337. The number of nitrogens with zero attached hydrogens (tertiary/aromatic N) is 2. The summed E-state index contributed by atoms with van der Waals surface area (Å²) in [5.74, 6) is 1.97. The Bertz CT molecular complexity index is 758. The number of thioether (sulfide) groups is 1. The molecular formula is C17H19N3O4S2. The highest BCUT2D eigenvalue weighted by Crippen LogP contribution is 2.22. The van der Waals surface area contributed by atoms with Crippen molar-refractivity contribution in [1.29, 1.82) is 0 Å². The highest BCUT2D eigenvalue weighted by Gasteiger charge is 2.18. The second-order valence-corrected chi connectivity index (χ2v) is 7.58. The number of nitrogens with one attached hydrogen (secondary N) is 1. The Morgan fingerprint density at radius 2 is 2.27 bits per heavy atom. The number of aromatic nitrogens is 2. The molecular weight excluding hydrogens is 374 g/mol.